The molecule has 1 fully saturated rings. The number of aryl methyl sites for hydroxylation is 2. The van der Waals surface area contributed by atoms with Gasteiger partial charge in [-0.1, -0.05) is 0 Å². The van der Waals surface area contributed by atoms with E-state index in [0.717, 1.165) is 30.0 Å². The molecule has 1 unspecified atom stereocenters. The molecule has 17 heavy (non-hydrogen) atoms. The van der Waals surface area contributed by atoms with Crippen LogP contribution in [0.4, 0.5) is 0 Å². The summed E-state index contributed by atoms with van der Waals surface area (Å²) in [4.78, 5) is 16.7. The van der Waals surface area contributed by atoms with Gasteiger partial charge in [0.2, 0.25) is 0 Å². The molecule has 0 N–H and O–H groups in total. The fourth-order valence-electron chi connectivity index (χ4n) is 2.33. The van der Waals surface area contributed by atoms with Crippen LogP contribution in [0.5, 0.6) is 0 Å². The van der Waals surface area contributed by atoms with E-state index in [0.29, 0.717) is 12.6 Å². The normalized spacial score (nSPS) is 21.0. The zero-order chi connectivity index (χ0) is 12.4. The summed E-state index contributed by atoms with van der Waals surface area (Å²) in [7, 11) is 1.74. The van der Waals surface area contributed by atoms with Gasteiger partial charge in [0, 0.05) is 35.5 Å². The summed E-state index contributed by atoms with van der Waals surface area (Å²) in [6, 6.07) is 2.01. The Kier molecular flexibility index (Phi) is 3.97. The SMILES string of the molecule is COC1CCN(CC(=O)c2cc(C)sc2C)C1. The highest BCUT2D eigenvalue weighted by Crippen LogP contribution is 2.22. The van der Waals surface area contributed by atoms with Gasteiger partial charge in [0.05, 0.1) is 12.6 Å². The summed E-state index contributed by atoms with van der Waals surface area (Å²) in [5.41, 5.74) is 0.897. The predicted molar refractivity (Wildman–Crippen MR) is 70.0 cm³/mol. The topological polar surface area (TPSA) is 29.5 Å². The molecule has 1 aliphatic heterocycles. The number of hydrogen-bond donors (Lipinski definition) is 0. The molecule has 2 heterocycles. The summed E-state index contributed by atoms with van der Waals surface area (Å²) in [5.74, 6) is 0.239. The molecule has 0 amide bonds. The molecule has 0 spiro atoms. The molecule has 3 nitrogen and oxygen atoms in total. The van der Waals surface area contributed by atoms with Crippen molar-refractivity contribution < 1.29 is 9.53 Å². The van der Waals surface area contributed by atoms with Crippen molar-refractivity contribution in [1.29, 1.82) is 0 Å². The van der Waals surface area contributed by atoms with E-state index in [1.165, 1.54) is 4.88 Å². The van der Waals surface area contributed by atoms with Crippen molar-refractivity contribution >= 4 is 17.1 Å². The van der Waals surface area contributed by atoms with Crippen molar-refractivity contribution in [2.24, 2.45) is 0 Å². The van der Waals surface area contributed by atoms with Gasteiger partial charge in [-0.3, -0.25) is 9.69 Å². The van der Waals surface area contributed by atoms with E-state index in [4.69, 9.17) is 4.74 Å². The van der Waals surface area contributed by atoms with Crippen LogP contribution in [-0.4, -0.2) is 43.5 Å². The fraction of sp³-hybridized carbons (Fsp3) is 0.615. The van der Waals surface area contributed by atoms with Gasteiger partial charge in [0.1, 0.15) is 0 Å². The standard InChI is InChI=1S/C13H19NO2S/c1-9-6-12(10(2)17-9)13(15)8-14-5-4-11(7-14)16-3/h6,11H,4-5,7-8H2,1-3H3. The number of ketones is 1. The molecule has 2 rings (SSSR count). The van der Waals surface area contributed by atoms with Gasteiger partial charge >= 0.3 is 0 Å². The summed E-state index contributed by atoms with van der Waals surface area (Å²) < 4.78 is 5.31. The smallest absolute Gasteiger partial charge is 0.177 e. The fourth-order valence-corrected chi connectivity index (χ4v) is 3.27. The molecule has 0 bridgehead atoms. The van der Waals surface area contributed by atoms with E-state index in [9.17, 15) is 4.79 Å². The minimum atomic E-state index is 0.239. The molecule has 0 aromatic carbocycles. The third kappa shape index (κ3) is 2.94. The predicted octanol–water partition coefficient (Wildman–Crippen LogP) is 2.27. The van der Waals surface area contributed by atoms with Crippen molar-refractivity contribution in [2.45, 2.75) is 26.4 Å². The molecular weight excluding hydrogens is 234 g/mol. The number of thiophene rings is 1. The van der Waals surface area contributed by atoms with Crippen LogP contribution in [0.2, 0.25) is 0 Å². The average Bonchev–Trinajstić information content (AvgIpc) is 2.85. The molecular formula is C13H19NO2S. The lowest BCUT2D eigenvalue weighted by Gasteiger charge is -2.14. The maximum Gasteiger partial charge on any atom is 0.177 e. The van der Waals surface area contributed by atoms with Gasteiger partial charge in [-0.15, -0.1) is 11.3 Å². The molecule has 1 aliphatic rings. The van der Waals surface area contributed by atoms with Crippen LogP contribution in [0.3, 0.4) is 0 Å². The van der Waals surface area contributed by atoms with Crippen LogP contribution in [-0.2, 0) is 4.74 Å². The first kappa shape index (κ1) is 12.7. The number of likely N-dealkylation sites (tertiary alicyclic amines) is 1. The van der Waals surface area contributed by atoms with Crippen molar-refractivity contribution in [2.75, 3.05) is 26.7 Å². The summed E-state index contributed by atoms with van der Waals surface area (Å²) in [5, 5.41) is 0. The van der Waals surface area contributed by atoms with Gasteiger partial charge in [0.15, 0.2) is 5.78 Å². The Morgan fingerprint density at radius 3 is 2.88 bits per heavy atom. The molecule has 1 aromatic heterocycles. The van der Waals surface area contributed by atoms with Crippen LogP contribution >= 0.6 is 11.3 Å². The number of carbonyl (C=O) groups is 1. The van der Waals surface area contributed by atoms with E-state index < -0.39 is 0 Å². The van der Waals surface area contributed by atoms with Gasteiger partial charge in [0.25, 0.3) is 0 Å². The quantitative estimate of drug-likeness (QED) is 0.771. The van der Waals surface area contributed by atoms with Crippen molar-refractivity contribution in [3.8, 4) is 0 Å². The maximum atomic E-state index is 12.2. The summed E-state index contributed by atoms with van der Waals surface area (Å²) in [6.07, 6.45) is 1.33. The summed E-state index contributed by atoms with van der Waals surface area (Å²) in [6.45, 7) is 6.44. The van der Waals surface area contributed by atoms with Crippen LogP contribution < -0.4 is 0 Å². The highest BCUT2D eigenvalue weighted by molar-refractivity contribution is 7.12. The van der Waals surface area contributed by atoms with Crippen LogP contribution in [0.25, 0.3) is 0 Å². The lowest BCUT2D eigenvalue weighted by Crippen LogP contribution is -2.29. The monoisotopic (exact) mass is 253 g/mol. The number of carbonyl (C=O) groups excluding carboxylic acids is 1. The van der Waals surface area contributed by atoms with Gasteiger partial charge < -0.3 is 4.74 Å². The second kappa shape index (κ2) is 5.29. The Hall–Kier alpha value is -0.710. The van der Waals surface area contributed by atoms with Crippen molar-refractivity contribution in [1.82, 2.24) is 4.90 Å². The van der Waals surface area contributed by atoms with Crippen LogP contribution in [0, 0.1) is 13.8 Å². The summed E-state index contributed by atoms with van der Waals surface area (Å²) >= 11 is 1.70. The Labute approximate surface area is 106 Å². The highest BCUT2D eigenvalue weighted by atomic mass is 32.1. The first-order valence-corrected chi connectivity index (χ1v) is 6.77. The first-order chi connectivity index (χ1) is 8.10. The highest BCUT2D eigenvalue weighted by Gasteiger charge is 2.24. The van der Waals surface area contributed by atoms with E-state index in [1.54, 1.807) is 18.4 Å². The molecule has 94 valence electrons. The second-order valence-electron chi connectivity index (χ2n) is 4.63. The Bertz CT molecular complexity index is 414. The minimum absolute atomic E-state index is 0.239. The van der Waals surface area contributed by atoms with E-state index in [2.05, 4.69) is 4.90 Å². The number of ether oxygens (including phenoxy) is 1. The van der Waals surface area contributed by atoms with Crippen LogP contribution in [0.15, 0.2) is 6.07 Å². The number of rotatable bonds is 4. The van der Waals surface area contributed by atoms with Gasteiger partial charge in [-0.05, 0) is 26.3 Å². The largest absolute Gasteiger partial charge is 0.380 e. The lowest BCUT2D eigenvalue weighted by atomic mass is 10.1. The Balaban J connectivity index is 1.96. The second-order valence-corrected chi connectivity index (χ2v) is 6.09. The van der Waals surface area contributed by atoms with Gasteiger partial charge in [-0.25, -0.2) is 0 Å². The van der Waals surface area contributed by atoms with E-state index in [-0.39, 0.29) is 5.78 Å². The molecule has 0 radical (unpaired) electrons. The van der Waals surface area contributed by atoms with Crippen molar-refractivity contribution in [3.63, 3.8) is 0 Å². The molecule has 1 aromatic rings. The molecule has 1 atom stereocenters. The average molecular weight is 253 g/mol. The molecule has 4 heteroatoms. The number of hydrogen-bond acceptors (Lipinski definition) is 4. The minimum Gasteiger partial charge on any atom is -0.380 e. The Morgan fingerprint density at radius 1 is 1.59 bits per heavy atom. The van der Waals surface area contributed by atoms with E-state index >= 15 is 0 Å². The third-order valence-electron chi connectivity index (χ3n) is 3.27. The van der Waals surface area contributed by atoms with E-state index in [1.807, 2.05) is 19.9 Å². The lowest BCUT2D eigenvalue weighted by molar-refractivity contribution is 0.0899. The van der Waals surface area contributed by atoms with Gasteiger partial charge in [-0.2, -0.15) is 0 Å². The van der Waals surface area contributed by atoms with Crippen molar-refractivity contribution in [3.05, 3.63) is 21.4 Å². The van der Waals surface area contributed by atoms with Crippen LogP contribution in [0.1, 0.15) is 26.5 Å². The molecule has 1 saturated heterocycles. The number of methoxy groups -OCH3 is 1. The zero-order valence-electron chi connectivity index (χ0n) is 10.7. The number of nitrogens with zero attached hydrogens (tertiary/aromatic N) is 1. The molecule has 0 aliphatic carbocycles. The first-order valence-electron chi connectivity index (χ1n) is 5.95. The number of Topliss-reactive ketones (excluding diaryl/α,β-unsaturated/α-hetero) is 1. The molecule has 0 saturated carbocycles. The zero-order valence-corrected chi connectivity index (χ0v) is 11.5. The Morgan fingerprint density at radius 2 is 2.35 bits per heavy atom. The third-order valence-corrected chi connectivity index (χ3v) is 4.24. The maximum absolute atomic E-state index is 12.2.